The number of phenols is 1. The molecule has 3 aromatic carbocycles. The zero-order valence-electron chi connectivity index (χ0n) is 19.5. The Balaban J connectivity index is 1.93. The summed E-state index contributed by atoms with van der Waals surface area (Å²) in [5.41, 5.74) is 1.53. The van der Waals surface area contributed by atoms with Crippen LogP contribution in [0, 0.1) is 0 Å². The van der Waals surface area contributed by atoms with Crippen molar-refractivity contribution >= 4 is 22.6 Å². The van der Waals surface area contributed by atoms with Gasteiger partial charge < -0.3 is 5.11 Å². The van der Waals surface area contributed by atoms with Crippen molar-refractivity contribution in [2.45, 2.75) is 51.6 Å². The molecular formula is C26H25ClF3N3O. The lowest BCUT2D eigenvalue weighted by Gasteiger charge is -2.34. The molecule has 0 amide bonds. The van der Waals surface area contributed by atoms with Crippen LogP contribution in [0.2, 0.25) is 5.02 Å². The normalized spacial score (nSPS) is 13.0. The van der Waals surface area contributed by atoms with Gasteiger partial charge in [-0.25, -0.2) is 0 Å². The van der Waals surface area contributed by atoms with E-state index in [0.29, 0.717) is 16.1 Å². The van der Waals surface area contributed by atoms with Gasteiger partial charge in [0.2, 0.25) is 0 Å². The molecule has 0 aliphatic carbocycles. The highest BCUT2D eigenvalue weighted by molar-refractivity contribution is 6.30. The minimum Gasteiger partial charge on any atom is -0.505 e. The Morgan fingerprint density at radius 1 is 0.794 bits per heavy atom. The fraction of sp³-hybridized carbons (Fsp3) is 0.308. The summed E-state index contributed by atoms with van der Waals surface area (Å²) in [6, 6.07) is 14.3. The van der Waals surface area contributed by atoms with Gasteiger partial charge in [-0.1, -0.05) is 64.4 Å². The molecule has 4 rings (SSSR count). The summed E-state index contributed by atoms with van der Waals surface area (Å²) in [7, 11) is 0. The molecule has 1 heterocycles. The van der Waals surface area contributed by atoms with E-state index in [2.05, 4.69) is 31.0 Å². The smallest absolute Gasteiger partial charge is 0.416 e. The van der Waals surface area contributed by atoms with Crippen molar-refractivity contribution in [1.29, 1.82) is 0 Å². The second kappa shape index (κ2) is 8.01. The van der Waals surface area contributed by atoms with Crippen LogP contribution in [-0.2, 0) is 17.0 Å². The third kappa shape index (κ3) is 4.25. The van der Waals surface area contributed by atoms with Gasteiger partial charge in [-0.2, -0.15) is 13.2 Å². The van der Waals surface area contributed by atoms with E-state index in [4.69, 9.17) is 11.6 Å². The first kappa shape index (κ1) is 24.1. The van der Waals surface area contributed by atoms with Crippen molar-refractivity contribution < 1.29 is 18.3 Å². The summed E-state index contributed by atoms with van der Waals surface area (Å²) in [5.74, 6) is -0.0243. The average molecular weight is 488 g/mol. The molecule has 178 valence electrons. The molecule has 1 aromatic heterocycles. The van der Waals surface area contributed by atoms with Crippen molar-refractivity contribution in [3.8, 4) is 11.4 Å². The molecule has 0 atom stereocenters. The van der Waals surface area contributed by atoms with E-state index in [9.17, 15) is 18.3 Å². The van der Waals surface area contributed by atoms with E-state index in [0.717, 1.165) is 23.3 Å². The third-order valence-electron chi connectivity index (χ3n) is 6.08. The van der Waals surface area contributed by atoms with Crippen LogP contribution in [-0.4, -0.2) is 20.1 Å². The highest BCUT2D eigenvalue weighted by Crippen LogP contribution is 2.45. The van der Waals surface area contributed by atoms with Gasteiger partial charge >= 0.3 is 6.18 Å². The Kier molecular flexibility index (Phi) is 5.67. The second-order valence-electron chi connectivity index (χ2n) is 9.93. The van der Waals surface area contributed by atoms with Crippen molar-refractivity contribution in [1.82, 2.24) is 15.0 Å². The van der Waals surface area contributed by atoms with Crippen molar-refractivity contribution in [3.63, 3.8) is 0 Å². The lowest BCUT2D eigenvalue weighted by molar-refractivity contribution is -0.137. The number of alkyl halides is 3. The number of nitrogens with zero attached hydrogens (tertiary/aromatic N) is 3. The third-order valence-corrected chi connectivity index (χ3v) is 6.33. The fourth-order valence-corrected chi connectivity index (χ4v) is 4.33. The first-order valence-corrected chi connectivity index (χ1v) is 11.1. The lowest BCUT2D eigenvalue weighted by atomic mass is 9.70. The van der Waals surface area contributed by atoms with Crippen LogP contribution < -0.4 is 0 Å². The summed E-state index contributed by atoms with van der Waals surface area (Å²) in [4.78, 5) is 1.19. The van der Waals surface area contributed by atoms with Crippen LogP contribution in [0.15, 0.2) is 54.6 Å². The first-order chi connectivity index (χ1) is 15.7. The number of phenolic OH excluding ortho intramolecular Hbond substituents is 1. The number of hydrogen-bond acceptors (Lipinski definition) is 3. The van der Waals surface area contributed by atoms with Gasteiger partial charge in [0.1, 0.15) is 22.5 Å². The molecule has 1 N–H and O–H groups in total. The minimum atomic E-state index is -4.48. The van der Waals surface area contributed by atoms with Gasteiger partial charge in [-0.3, -0.25) is 0 Å². The summed E-state index contributed by atoms with van der Waals surface area (Å²) < 4.78 is 39.4. The van der Waals surface area contributed by atoms with Gasteiger partial charge in [0.25, 0.3) is 0 Å². The summed E-state index contributed by atoms with van der Waals surface area (Å²) in [6.07, 6.45) is -4.48. The molecule has 0 unspecified atom stereocenters. The van der Waals surface area contributed by atoms with Crippen LogP contribution in [0.3, 0.4) is 0 Å². The minimum absolute atomic E-state index is 0.0243. The molecule has 0 fully saturated rings. The average Bonchev–Trinajstić information content (AvgIpc) is 3.15. The number of benzene rings is 3. The first-order valence-electron chi connectivity index (χ1n) is 10.8. The van der Waals surface area contributed by atoms with Crippen LogP contribution in [0.5, 0.6) is 5.75 Å². The number of fused-ring (bicyclic) bond motifs is 1. The molecule has 0 saturated carbocycles. The standard InChI is InChI=1S/C26H25ClF3N3O/c1-24(2,3)18-11-13-21(23(34)22(18)25(4,5)15-6-9-17(27)10-7-15)33-31-19-12-8-16(26(28,29)30)14-20(19)32-33/h6-14,34H,1-5H3. The zero-order chi connectivity index (χ0) is 25.1. The predicted molar refractivity (Wildman–Crippen MR) is 128 cm³/mol. The van der Waals surface area contributed by atoms with Gasteiger partial charge in [0, 0.05) is 16.0 Å². The predicted octanol–water partition coefficient (Wildman–Crippen LogP) is 7.42. The summed E-state index contributed by atoms with van der Waals surface area (Å²) >= 11 is 6.09. The lowest BCUT2D eigenvalue weighted by Crippen LogP contribution is -2.26. The van der Waals surface area contributed by atoms with E-state index in [-0.39, 0.29) is 22.4 Å². The Bertz CT molecular complexity index is 1370. The molecule has 4 aromatic rings. The molecule has 4 nitrogen and oxygen atoms in total. The van der Waals surface area contributed by atoms with Gasteiger partial charge in [0.05, 0.1) is 5.56 Å². The number of halogens is 4. The van der Waals surface area contributed by atoms with Crippen LogP contribution in [0.4, 0.5) is 13.2 Å². The highest BCUT2D eigenvalue weighted by Gasteiger charge is 2.35. The number of aromatic hydroxyl groups is 1. The Morgan fingerprint density at radius 3 is 1.97 bits per heavy atom. The van der Waals surface area contributed by atoms with E-state index in [1.54, 1.807) is 18.2 Å². The Labute approximate surface area is 201 Å². The molecule has 8 heteroatoms. The maximum absolute atomic E-state index is 13.1. The quantitative estimate of drug-likeness (QED) is 0.327. The van der Waals surface area contributed by atoms with Gasteiger partial charge in [-0.05, 0) is 52.9 Å². The Morgan fingerprint density at radius 2 is 1.38 bits per heavy atom. The topological polar surface area (TPSA) is 50.9 Å². The Hall–Kier alpha value is -3.06. The molecule has 0 bridgehead atoms. The monoisotopic (exact) mass is 487 g/mol. The summed E-state index contributed by atoms with van der Waals surface area (Å²) in [6.45, 7) is 10.2. The van der Waals surface area contributed by atoms with Crippen molar-refractivity contribution in [3.05, 3.63) is 81.9 Å². The molecule has 0 aliphatic heterocycles. The van der Waals surface area contributed by atoms with E-state index < -0.39 is 17.2 Å². The maximum atomic E-state index is 13.1. The number of hydrogen-bond donors (Lipinski definition) is 1. The molecule has 0 saturated heterocycles. The van der Waals surface area contributed by atoms with Gasteiger partial charge in [-0.15, -0.1) is 15.0 Å². The van der Waals surface area contributed by atoms with Gasteiger partial charge in [0.15, 0.2) is 0 Å². The highest BCUT2D eigenvalue weighted by atomic mass is 35.5. The molecule has 0 radical (unpaired) electrons. The van der Waals surface area contributed by atoms with E-state index >= 15 is 0 Å². The second-order valence-corrected chi connectivity index (χ2v) is 10.4. The number of aromatic nitrogens is 3. The fourth-order valence-electron chi connectivity index (χ4n) is 4.21. The number of rotatable bonds is 3. The van der Waals surface area contributed by atoms with E-state index in [1.807, 2.05) is 32.0 Å². The van der Waals surface area contributed by atoms with Crippen LogP contribution in [0.25, 0.3) is 16.7 Å². The molecule has 0 spiro atoms. The summed E-state index contributed by atoms with van der Waals surface area (Å²) in [5, 5.41) is 20.7. The molecular weight excluding hydrogens is 463 g/mol. The SMILES string of the molecule is CC(C)(C)c1ccc(-n2nc3ccc(C(F)(F)F)cc3n2)c(O)c1C(C)(C)c1ccc(Cl)cc1. The maximum Gasteiger partial charge on any atom is 0.416 e. The molecule has 34 heavy (non-hydrogen) atoms. The van der Waals surface area contributed by atoms with Crippen molar-refractivity contribution in [2.75, 3.05) is 0 Å². The largest absolute Gasteiger partial charge is 0.505 e. The van der Waals surface area contributed by atoms with Crippen molar-refractivity contribution in [2.24, 2.45) is 0 Å². The van der Waals surface area contributed by atoms with Crippen LogP contribution in [0.1, 0.15) is 56.9 Å². The van der Waals surface area contributed by atoms with Crippen LogP contribution >= 0.6 is 11.6 Å². The van der Waals surface area contributed by atoms with E-state index in [1.165, 1.54) is 10.9 Å². The molecule has 0 aliphatic rings. The zero-order valence-corrected chi connectivity index (χ0v) is 20.3.